The number of nitrogens with one attached hydrogen (secondary N) is 1. The first-order chi connectivity index (χ1) is 14.2. The molecular formula is C22H14ClF3N2O2. The van der Waals surface area contributed by atoms with E-state index in [-0.39, 0.29) is 27.7 Å². The Morgan fingerprint density at radius 3 is 2.60 bits per heavy atom. The molecule has 0 saturated carbocycles. The van der Waals surface area contributed by atoms with Crippen molar-refractivity contribution in [2.75, 3.05) is 5.32 Å². The van der Waals surface area contributed by atoms with Gasteiger partial charge in [-0.15, -0.1) is 0 Å². The standard InChI is InChI=1S/C22H14ClF3N2O2/c1-13-3-2-4-16(9-13)28-21(29)14(12-27)10-17-6-8-20(30-17)18-11-15(22(24,25)26)5-7-19(18)23/h2-11H,1H3,(H,28,29). The lowest BCUT2D eigenvalue weighted by atomic mass is 10.1. The van der Waals surface area contributed by atoms with Gasteiger partial charge in [-0.05, 0) is 55.0 Å². The Hall–Kier alpha value is -3.50. The van der Waals surface area contributed by atoms with E-state index >= 15 is 0 Å². The maximum absolute atomic E-state index is 13.0. The number of carbonyl (C=O) groups excluding carboxylic acids is 1. The summed E-state index contributed by atoms with van der Waals surface area (Å²) in [5.41, 5.74) is 0.410. The van der Waals surface area contributed by atoms with Gasteiger partial charge >= 0.3 is 6.18 Å². The third-order valence-electron chi connectivity index (χ3n) is 4.11. The number of amides is 1. The van der Waals surface area contributed by atoms with Crippen molar-refractivity contribution < 1.29 is 22.4 Å². The topological polar surface area (TPSA) is 66.0 Å². The molecule has 152 valence electrons. The van der Waals surface area contributed by atoms with Crippen LogP contribution in [0.2, 0.25) is 5.02 Å². The van der Waals surface area contributed by atoms with E-state index in [4.69, 9.17) is 16.0 Å². The number of nitriles is 1. The molecule has 0 saturated heterocycles. The SMILES string of the molecule is Cc1cccc(NC(=O)C(C#N)=Cc2ccc(-c3cc(C(F)(F)F)ccc3Cl)o2)c1. The Labute approximate surface area is 175 Å². The van der Waals surface area contributed by atoms with Crippen LogP contribution in [0.3, 0.4) is 0 Å². The summed E-state index contributed by atoms with van der Waals surface area (Å²) in [7, 11) is 0. The number of anilines is 1. The summed E-state index contributed by atoms with van der Waals surface area (Å²) in [5, 5.41) is 12.0. The van der Waals surface area contributed by atoms with Crippen molar-refractivity contribution in [3.63, 3.8) is 0 Å². The van der Waals surface area contributed by atoms with Crippen LogP contribution in [0, 0.1) is 18.3 Å². The third kappa shape index (κ3) is 4.91. The predicted octanol–water partition coefficient (Wildman–Crippen LogP) is 6.47. The molecular weight excluding hydrogens is 417 g/mol. The molecule has 0 aliphatic carbocycles. The fourth-order valence-electron chi connectivity index (χ4n) is 2.68. The van der Waals surface area contributed by atoms with E-state index < -0.39 is 17.6 Å². The lowest BCUT2D eigenvalue weighted by Gasteiger charge is -2.09. The van der Waals surface area contributed by atoms with Crippen LogP contribution in [0.25, 0.3) is 17.4 Å². The van der Waals surface area contributed by atoms with Crippen molar-refractivity contribution in [3.05, 3.63) is 82.1 Å². The fraction of sp³-hybridized carbons (Fsp3) is 0.0909. The molecule has 1 heterocycles. The maximum Gasteiger partial charge on any atom is 0.416 e. The van der Waals surface area contributed by atoms with Crippen molar-refractivity contribution in [2.24, 2.45) is 0 Å². The molecule has 2 aromatic carbocycles. The average molecular weight is 431 g/mol. The molecule has 3 rings (SSSR count). The summed E-state index contributed by atoms with van der Waals surface area (Å²) in [5.74, 6) is -0.443. The van der Waals surface area contributed by atoms with Gasteiger partial charge in [0.05, 0.1) is 10.6 Å². The summed E-state index contributed by atoms with van der Waals surface area (Å²) < 4.78 is 44.4. The Kier molecular flexibility index (Phi) is 5.99. The van der Waals surface area contributed by atoms with Gasteiger partial charge in [0.1, 0.15) is 23.2 Å². The molecule has 1 N–H and O–H groups in total. The summed E-state index contributed by atoms with van der Waals surface area (Å²) in [4.78, 5) is 12.4. The van der Waals surface area contributed by atoms with Gasteiger partial charge in [-0.1, -0.05) is 23.7 Å². The zero-order chi connectivity index (χ0) is 21.9. The minimum atomic E-state index is -4.53. The zero-order valence-electron chi connectivity index (χ0n) is 15.5. The molecule has 30 heavy (non-hydrogen) atoms. The monoisotopic (exact) mass is 430 g/mol. The summed E-state index contributed by atoms with van der Waals surface area (Å²) in [6, 6.07) is 14.6. The molecule has 0 radical (unpaired) electrons. The maximum atomic E-state index is 13.0. The Morgan fingerprint density at radius 2 is 1.93 bits per heavy atom. The van der Waals surface area contributed by atoms with Crippen LogP contribution in [0.1, 0.15) is 16.9 Å². The molecule has 0 fully saturated rings. The second kappa shape index (κ2) is 8.47. The van der Waals surface area contributed by atoms with Crippen molar-refractivity contribution in [1.29, 1.82) is 5.26 Å². The predicted molar refractivity (Wildman–Crippen MR) is 108 cm³/mol. The number of alkyl halides is 3. The van der Waals surface area contributed by atoms with Crippen LogP contribution < -0.4 is 5.32 Å². The molecule has 0 atom stereocenters. The molecule has 8 heteroatoms. The van der Waals surface area contributed by atoms with Gasteiger partial charge in [0.25, 0.3) is 5.91 Å². The minimum absolute atomic E-state index is 0.0499. The molecule has 0 spiro atoms. The van der Waals surface area contributed by atoms with E-state index in [0.29, 0.717) is 5.69 Å². The minimum Gasteiger partial charge on any atom is -0.457 e. The van der Waals surface area contributed by atoms with Gasteiger partial charge in [0.2, 0.25) is 0 Å². The highest BCUT2D eigenvalue weighted by Gasteiger charge is 2.31. The van der Waals surface area contributed by atoms with Crippen molar-refractivity contribution in [2.45, 2.75) is 13.1 Å². The molecule has 0 bridgehead atoms. The first kappa shape index (κ1) is 21.2. The molecule has 1 amide bonds. The molecule has 3 aromatic rings. The molecule has 0 aliphatic rings. The number of hydrogen-bond donors (Lipinski definition) is 1. The average Bonchev–Trinajstić information content (AvgIpc) is 3.14. The first-order valence-corrected chi connectivity index (χ1v) is 9.02. The van der Waals surface area contributed by atoms with Crippen molar-refractivity contribution in [1.82, 2.24) is 0 Å². The Bertz CT molecular complexity index is 1170. The molecule has 4 nitrogen and oxygen atoms in total. The lowest BCUT2D eigenvalue weighted by Crippen LogP contribution is -2.13. The molecule has 0 unspecified atom stereocenters. The van der Waals surface area contributed by atoms with Gasteiger partial charge in [0.15, 0.2) is 0 Å². The van der Waals surface area contributed by atoms with Crippen LogP contribution in [-0.4, -0.2) is 5.91 Å². The van der Waals surface area contributed by atoms with Crippen LogP contribution in [-0.2, 0) is 11.0 Å². The summed E-state index contributed by atoms with van der Waals surface area (Å²) >= 11 is 6.02. The highest BCUT2D eigenvalue weighted by Crippen LogP contribution is 2.36. The summed E-state index contributed by atoms with van der Waals surface area (Å²) in [6.45, 7) is 1.86. The largest absolute Gasteiger partial charge is 0.457 e. The molecule has 1 aromatic heterocycles. The smallest absolute Gasteiger partial charge is 0.416 e. The van der Waals surface area contributed by atoms with Crippen molar-refractivity contribution in [3.8, 4) is 17.4 Å². The second-order valence-corrected chi connectivity index (χ2v) is 6.80. The normalized spacial score (nSPS) is 11.8. The van der Waals surface area contributed by atoms with E-state index in [2.05, 4.69) is 5.32 Å². The van der Waals surface area contributed by atoms with Gasteiger partial charge in [0, 0.05) is 17.3 Å². The summed E-state index contributed by atoms with van der Waals surface area (Å²) in [6.07, 6.45) is -3.33. The van der Waals surface area contributed by atoms with E-state index in [0.717, 1.165) is 23.8 Å². The third-order valence-corrected chi connectivity index (χ3v) is 4.44. The number of carbonyl (C=O) groups is 1. The number of aryl methyl sites for hydroxylation is 1. The zero-order valence-corrected chi connectivity index (χ0v) is 16.3. The highest BCUT2D eigenvalue weighted by atomic mass is 35.5. The van der Waals surface area contributed by atoms with Gasteiger partial charge in [-0.3, -0.25) is 4.79 Å². The Balaban J connectivity index is 1.87. The fourth-order valence-corrected chi connectivity index (χ4v) is 2.89. The quantitative estimate of drug-likeness (QED) is 0.381. The number of nitrogens with zero attached hydrogens (tertiary/aromatic N) is 1. The first-order valence-electron chi connectivity index (χ1n) is 8.64. The number of rotatable bonds is 4. The van der Waals surface area contributed by atoms with E-state index in [1.54, 1.807) is 24.3 Å². The number of hydrogen-bond acceptors (Lipinski definition) is 3. The second-order valence-electron chi connectivity index (χ2n) is 6.39. The van der Waals surface area contributed by atoms with Gasteiger partial charge in [-0.2, -0.15) is 18.4 Å². The van der Waals surface area contributed by atoms with Crippen LogP contribution in [0.15, 0.2) is 64.6 Å². The van der Waals surface area contributed by atoms with Crippen molar-refractivity contribution >= 4 is 29.3 Å². The van der Waals surface area contributed by atoms with Gasteiger partial charge < -0.3 is 9.73 Å². The van der Waals surface area contributed by atoms with Gasteiger partial charge in [-0.25, -0.2) is 0 Å². The molecule has 0 aliphatic heterocycles. The van der Waals surface area contributed by atoms with E-state index in [1.165, 1.54) is 18.2 Å². The van der Waals surface area contributed by atoms with Crippen LogP contribution in [0.4, 0.5) is 18.9 Å². The number of benzene rings is 2. The number of furan rings is 1. The highest BCUT2D eigenvalue weighted by molar-refractivity contribution is 6.33. The Morgan fingerprint density at radius 1 is 1.17 bits per heavy atom. The van der Waals surface area contributed by atoms with E-state index in [1.807, 2.05) is 13.0 Å². The number of halogens is 4. The van der Waals surface area contributed by atoms with Crippen LogP contribution >= 0.6 is 11.6 Å². The van der Waals surface area contributed by atoms with Crippen LogP contribution in [0.5, 0.6) is 0 Å². The lowest BCUT2D eigenvalue weighted by molar-refractivity contribution is -0.137. The van der Waals surface area contributed by atoms with E-state index in [9.17, 15) is 23.2 Å².